The molecule has 0 aliphatic carbocycles. The molecule has 90 valence electrons. The minimum Gasteiger partial charge on any atom is -0.475 e. The molecule has 0 saturated heterocycles. The normalized spacial score (nSPS) is 10.9. The lowest BCUT2D eigenvalue weighted by molar-refractivity contribution is 0.0663. The zero-order valence-electron chi connectivity index (χ0n) is 10.1. The number of furan rings is 1. The smallest absolute Gasteiger partial charge is 0.372 e. The van der Waals surface area contributed by atoms with Gasteiger partial charge in [-0.25, -0.2) is 4.79 Å². The molecule has 0 atom stereocenters. The zero-order valence-corrected chi connectivity index (χ0v) is 10.1. The zero-order chi connectivity index (χ0) is 12.4. The third kappa shape index (κ3) is 2.05. The molecule has 1 aromatic carbocycles. The van der Waals surface area contributed by atoms with Gasteiger partial charge in [-0.05, 0) is 30.5 Å². The van der Waals surface area contributed by atoms with Gasteiger partial charge in [0, 0.05) is 10.9 Å². The molecule has 0 fully saturated rings. The molecule has 0 spiro atoms. The predicted molar refractivity (Wildman–Crippen MR) is 66.5 cm³/mol. The van der Waals surface area contributed by atoms with Crippen molar-refractivity contribution in [3.63, 3.8) is 0 Å². The van der Waals surface area contributed by atoms with Crippen molar-refractivity contribution >= 4 is 16.9 Å². The van der Waals surface area contributed by atoms with Crippen LogP contribution in [0, 0.1) is 0 Å². The Balaban J connectivity index is 2.62. The fourth-order valence-corrected chi connectivity index (χ4v) is 2.16. The van der Waals surface area contributed by atoms with Crippen LogP contribution in [0.3, 0.4) is 0 Å². The van der Waals surface area contributed by atoms with Gasteiger partial charge >= 0.3 is 5.97 Å². The van der Waals surface area contributed by atoms with Crippen molar-refractivity contribution in [3.05, 3.63) is 35.1 Å². The van der Waals surface area contributed by atoms with Crippen LogP contribution >= 0.6 is 0 Å². The summed E-state index contributed by atoms with van der Waals surface area (Å²) in [4.78, 5) is 11.1. The van der Waals surface area contributed by atoms with E-state index in [1.807, 2.05) is 25.1 Å². The highest BCUT2D eigenvalue weighted by Crippen LogP contribution is 2.27. The molecular weight excluding hydrogens is 216 g/mol. The number of aromatic carboxylic acids is 1. The van der Waals surface area contributed by atoms with Crippen LogP contribution in [0.25, 0.3) is 11.0 Å². The van der Waals surface area contributed by atoms with Crippen LogP contribution in [0.5, 0.6) is 0 Å². The van der Waals surface area contributed by atoms with Crippen molar-refractivity contribution in [1.82, 2.24) is 0 Å². The van der Waals surface area contributed by atoms with Gasteiger partial charge in [0.2, 0.25) is 5.76 Å². The van der Waals surface area contributed by atoms with Gasteiger partial charge in [0.05, 0.1) is 0 Å². The fraction of sp³-hybridized carbons (Fsp3) is 0.357. The second kappa shape index (κ2) is 4.62. The van der Waals surface area contributed by atoms with Crippen LogP contribution < -0.4 is 0 Å². The second-order valence-corrected chi connectivity index (χ2v) is 4.15. The summed E-state index contributed by atoms with van der Waals surface area (Å²) in [5.74, 6) is -0.911. The van der Waals surface area contributed by atoms with Crippen LogP contribution in [0.15, 0.2) is 22.6 Å². The van der Waals surface area contributed by atoms with Crippen molar-refractivity contribution < 1.29 is 14.3 Å². The van der Waals surface area contributed by atoms with E-state index in [2.05, 4.69) is 6.92 Å². The molecule has 0 saturated carbocycles. The maximum Gasteiger partial charge on any atom is 0.372 e. The van der Waals surface area contributed by atoms with Crippen LogP contribution in [0.4, 0.5) is 0 Å². The van der Waals surface area contributed by atoms with E-state index in [1.54, 1.807) is 0 Å². The summed E-state index contributed by atoms with van der Waals surface area (Å²) in [6.45, 7) is 4.08. The molecule has 0 unspecified atom stereocenters. The fourth-order valence-electron chi connectivity index (χ4n) is 2.16. The Morgan fingerprint density at radius 1 is 1.35 bits per heavy atom. The minimum atomic E-state index is -0.991. The number of fused-ring (bicyclic) bond motifs is 1. The average molecular weight is 232 g/mol. The molecule has 0 aliphatic heterocycles. The van der Waals surface area contributed by atoms with Gasteiger partial charge in [0.15, 0.2) is 0 Å². The first-order valence-electron chi connectivity index (χ1n) is 5.95. The van der Waals surface area contributed by atoms with E-state index in [1.165, 1.54) is 5.56 Å². The Kier molecular flexibility index (Phi) is 3.18. The van der Waals surface area contributed by atoms with Gasteiger partial charge in [-0.1, -0.05) is 26.3 Å². The molecule has 17 heavy (non-hydrogen) atoms. The highest BCUT2D eigenvalue weighted by Gasteiger charge is 2.18. The van der Waals surface area contributed by atoms with E-state index in [0.717, 1.165) is 23.8 Å². The lowest BCUT2D eigenvalue weighted by Gasteiger charge is -1.99. The Bertz CT molecular complexity index is 552. The number of rotatable bonds is 4. The predicted octanol–water partition coefficient (Wildman–Crippen LogP) is 3.65. The summed E-state index contributed by atoms with van der Waals surface area (Å²) >= 11 is 0. The summed E-state index contributed by atoms with van der Waals surface area (Å²) in [5.41, 5.74) is 2.69. The van der Waals surface area contributed by atoms with Crippen LogP contribution in [-0.4, -0.2) is 11.1 Å². The number of hydrogen-bond acceptors (Lipinski definition) is 2. The monoisotopic (exact) mass is 232 g/mol. The van der Waals surface area contributed by atoms with Gasteiger partial charge < -0.3 is 9.52 Å². The van der Waals surface area contributed by atoms with Gasteiger partial charge in [0.25, 0.3) is 0 Å². The van der Waals surface area contributed by atoms with Crippen molar-refractivity contribution in [2.45, 2.75) is 33.1 Å². The molecule has 1 aromatic heterocycles. The molecule has 0 radical (unpaired) electrons. The third-order valence-corrected chi connectivity index (χ3v) is 2.94. The lowest BCUT2D eigenvalue weighted by Crippen LogP contribution is -1.97. The highest BCUT2D eigenvalue weighted by molar-refractivity contribution is 5.95. The van der Waals surface area contributed by atoms with Crippen LogP contribution in [0.2, 0.25) is 0 Å². The van der Waals surface area contributed by atoms with E-state index >= 15 is 0 Å². The Morgan fingerprint density at radius 2 is 2.12 bits per heavy atom. The van der Waals surface area contributed by atoms with Crippen LogP contribution in [0.1, 0.15) is 41.9 Å². The standard InChI is InChI=1S/C14H16O3/c1-3-5-9-6-7-12-11(8-9)10(4-2)13(17-12)14(15)16/h6-8H,3-5H2,1-2H3,(H,15,16). The Morgan fingerprint density at radius 3 is 2.71 bits per heavy atom. The molecule has 0 bridgehead atoms. The van der Waals surface area contributed by atoms with Crippen molar-refractivity contribution in [3.8, 4) is 0 Å². The molecule has 1 N–H and O–H groups in total. The number of benzene rings is 1. The highest BCUT2D eigenvalue weighted by atomic mass is 16.4. The molecule has 3 nitrogen and oxygen atoms in total. The summed E-state index contributed by atoms with van der Waals surface area (Å²) in [6.07, 6.45) is 2.76. The number of carbonyl (C=O) groups is 1. The van der Waals surface area contributed by atoms with Gasteiger partial charge in [-0.3, -0.25) is 0 Å². The van der Waals surface area contributed by atoms with E-state index in [0.29, 0.717) is 12.0 Å². The molecule has 0 amide bonds. The summed E-state index contributed by atoms with van der Waals surface area (Å²) in [6, 6.07) is 5.92. The number of carboxylic acids is 1. The van der Waals surface area contributed by atoms with Crippen molar-refractivity contribution in [2.75, 3.05) is 0 Å². The second-order valence-electron chi connectivity index (χ2n) is 4.15. The maximum atomic E-state index is 11.1. The topological polar surface area (TPSA) is 50.4 Å². The largest absolute Gasteiger partial charge is 0.475 e. The first-order chi connectivity index (χ1) is 8.17. The van der Waals surface area contributed by atoms with E-state index in [4.69, 9.17) is 9.52 Å². The molecular formula is C14H16O3. The summed E-state index contributed by atoms with van der Waals surface area (Å²) in [7, 11) is 0. The Labute approximate surface area is 100 Å². The number of aryl methyl sites for hydroxylation is 2. The lowest BCUT2D eigenvalue weighted by atomic mass is 10.0. The van der Waals surface area contributed by atoms with E-state index in [-0.39, 0.29) is 5.76 Å². The van der Waals surface area contributed by atoms with Gasteiger partial charge in [-0.2, -0.15) is 0 Å². The number of carboxylic acid groups (broad SMARTS) is 1. The average Bonchev–Trinajstić information content (AvgIpc) is 2.67. The van der Waals surface area contributed by atoms with Crippen LogP contribution in [-0.2, 0) is 12.8 Å². The minimum absolute atomic E-state index is 0.0798. The van der Waals surface area contributed by atoms with E-state index in [9.17, 15) is 4.79 Å². The SMILES string of the molecule is CCCc1ccc2oc(C(=O)O)c(CC)c2c1. The molecule has 2 aromatic rings. The quantitative estimate of drug-likeness (QED) is 0.875. The molecule has 3 heteroatoms. The molecule has 2 rings (SSSR count). The summed E-state index contributed by atoms with van der Waals surface area (Å²) < 4.78 is 5.39. The molecule has 1 heterocycles. The summed E-state index contributed by atoms with van der Waals surface area (Å²) in [5, 5.41) is 10.0. The Hall–Kier alpha value is -1.77. The first kappa shape index (κ1) is 11.7. The number of hydrogen-bond donors (Lipinski definition) is 1. The van der Waals surface area contributed by atoms with E-state index < -0.39 is 5.97 Å². The van der Waals surface area contributed by atoms with Crippen molar-refractivity contribution in [1.29, 1.82) is 0 Å². The van der Waals surface area contributed by atoms with Crippen molar-refractivity contribution in [2.24, 2.45) is 0 Å². The third-order valence-electron chi connectivity index (χ3n) is 2.94. The van der Waals surface area contributed by atoms with Gasteiger partial charge in [-0.15, -0.1) is 0 Å². The maximum absolute atomic E-state index is 11.1. The first-order valence-corrected chi connectivity index (χ1v) is 5.95. The molecule has 0 aliphatic rings. The van der Waals surface area contributed by atoms with Gasteiger partial charge in [0.1, 0.15) is 5.58 Å².